The van der Waals surface area contributed by atoms with Crippen molar-refractivity contribution >= 4 is 0 Å². The minimum atomic E-state index is -0.447. The minimum Gasteiger partial charge on any atom is -0.491 e. The molecule has 0 spiro atoms. The van der Waals surface area contributed by atoms with Gasteiger partial charge in [-0.3, -0.25) is 0 Å². The third-order valence-corrected chi connectivity index (χ3v) is 4.02. The van der Waals surface area contributed by atoms with E-state index in [4.69, 9.17) is 4.74 Å². The Morgan fingerprint density at radius 1 is 1.25 bits per heavy atom. The highest BCUT2D eigenvalue weighted by Gasteiger charge is 2.14. The molecule has 1 atom stereocenters. The molecule has 0 radical (unpaired) electrons. The van der Waals surface area contributed by atoms with Gasteiger partial charge in [-0.1, -0.05) is 31.4 Å². The first-order valence-electron chi connectivity index (χ1n) is 7.76. The maximum absolute atomic E-state index is 10.0. The van der Waals surface area contributed by atoms with E-state index >= 15 is 0 Å². The second kappa shape index (κ2) is 7.65. The van der Waals surface area contributed by atoms with E-state index in [9.17, 15) is 5.11 Å². The van der Waals surface area contributed by atoms with Crippen molar-refractivity contribution in [1.29, 1.82) is 0 Å². The zero-order chi connectivity index (χ0) is 14.4. The van der Waals surface area contributed by atoms with Gasteiger partial charge in [-0.05, 0) is 43.9 Å². The zero-order valence-electron chi connectivity index (χ0n) is 12.7. The number of hydrogen-bond donors (Lipinski definition) is 2. The van der Waals surface area contributed by atoms with Crippen LogP contribution < -0.4 is 10.1 Å². The van der Waals surface area contributed by atoms with Gasteiger partial charge in [-0.25, -0.2) is 0 Å². The third-order valence-electron chi connectivity index (χ3n) is 4.02. The molecule has 3 heteroatoms. The van der Waals surface area contributed by atoms with Gasteiger partial charge in [0.1, 0.15) is 18.5 Å². The number of nitrogens with one attached hydrogen (secondary N) is 1. The van der Waals surface area contributed by atoms with Crippen molar-refractivity contribution in [2.45, 2.75) is 58.1 Å². The van der Waals surface area contributed by atoms with Crippen LogP contribution in [0, 0.1) is 13.8 Å². The van der Waals surface area contributed by atoms with Crippen molar-refractivity contribution in [1.82, 2.24) is 5.32 Å². The van der Waals surface area contributed by atoms with E-state index in [0.29, 0.717) is 19.2 Å². The van der Waals surface area contributed by atoms with Gasteiger partial charge in [-0.2, -0.15) is 0 Å². The Balaban J connectivity index is 1.71. The molecule has 1 aromatic carbocycles. The lowest BCUT2D eigenvalue weighted by Crippen LogP contribution is -2.39. The number of aliphatic hydroxyl groups excluding tert-OH is 1. The summed E-state index contributed by atoms with van der Waals surface area (Å²) in [5.74, 6) is 0.877. The summed E-state index contributed by atoms with van der Waals surface area (Å²) in [6, 6.07) is 6.73. The van der Waals surface area contributed by atoms with Gasteiger partial charge in [0, 0.05) is 12.6 Å². The molecule has 0 aliphatic heterocycles. The molecule has 1 aliphatic rings. The Labute approximate surface area is 122 Å². The second-order valence-electron chi connectivity index (χ2n) is 5.98. The molecular weight excluding hydrogens is 250 g/mol. The van der Waals surface area contributed by atoms with Crippen molar-refractivity contribution in [3.05, 3.63) is 29.3 Å². The monoisotopic (exact) mass is 277 g/mol. The number of aliphatic hydroxyl groups is 1. The van der Waals surface area contributed by atoms with Crippen LogP contribution in [0.1, 0.15) is 43.2 Å². The van der Waals surface area contributed by atoms with Crippen LogP contribution in [0.3, 0.4) is 0 Å². The van der Waals surface area contributed by atoms with Gasteiger partial charge >= 0.3 is 0 Å². The van der Waals surface area contributed by atoms with Gasteiger partial charge in [-0.15, -0.1) is 0 Å². The molecular formula is C17H27NO2. The van der Waals surface area contributed by atoms with Crippen LogP contribution in [0.15, 0.2) is 18.2 Å². The van der Waals surface area contributed by atoms with E-state index in [-0.39, 0.29) is 0 Å². The predicted molar refractivity (Wildman–Crippen MR) is 82.3 cm³/mol. The van der Waals surface area contributed by atoms with Crippen LogP contribution in [-0.2, 0) is 0 Å². The van der Waals surface area contributed by atoms with Gasteiger partial charge in [0.25, 0.3) is 0 Å². The molecule has 3 nitrogen and oxygen atoms in total. The van der Waals surface area contributed by atoms with Gasteiger partial charge in [0.2, 0.25) is 0 Å². The topological polar surface area (TPSA) is 41.5 Å². The predicted octanol–water partition coefficient (Wildman–Crippen LogP) is 2.97. The van der Waals surface area contributed by atoms with Gasteiger partial charge in [0.05, 0.1) is 0 Å². The van der Waals surface area contributed by atoms with Crippen LogP contribution >= 0.6 is 0 Å². The van der Waals surface area contributed by atoms with Crippen LogP contribution in [-0.4, -0.2) is 30.4 Å². The van der Waals surface area contributed by atoms with Crippen molar-refractivity contribution in [3.63, 3.8) is 0 Å². The number of aryl methyl sites for hydroxylation is 2. The van der Waals surface area contributed by atoms with Crippen molar-refractivity contribution < 1.29 is 9.84 Å². The summed E-state index contributed by atoms with van der Waals surface area (Å²) in [5, 5.41) is 13.5. The Kier molecular flexibility index (Phi) is 5.86. The third kappa shape index (κ3) is 4.80. The largest absolute Gasteiger partial charge is 0.491 e. The number of rotatable bonds is 6. The average molecular weight is 277 g/mol. The summed E-state index contributed by atoms with van der Waals surface area (Å²) in [4.78, 5) is 0. The SMILES string of the molecule is Cc1ccc(C)c(OCC(O)CNC2CCCCC2)c1. The molecule has 0 amide bonds. The first-order chi connectivity index (χ1) is 9.65. The summed E-state index contributed by atoms with van der Waals surface area (Å²) < 4.78 is 5.73. The highest BCUT2D eigenvalue weighted by Crippen LogP contribution is 2.19. The number of hydrogen-bond acceptors (Lipinski definition) is 3. The van der Waals surface area contributed by atoms with E-state index in [0.717, 1.165) is 11.3 Å². The molecule has 1 saturated carbocycles. The fourth-order valence-electron chi connectivity index (χ4n) is 2.72. The minimum absolute atomic E-state index is 0.351. The van der Waals surface area contributed by atoms with Crippen LogP contribution in [0.5, 0.6) is 5.75 Å². The lowest BCUT2D eigenvalue weighted by atomic mass is 9.95. The molecule has 112 valence electrons. The zero-order valence-corrected chi connectivity index (χ0v) is 12.7. The maximum atomic E-state index is 10.0. The van der Waals surface area contributed by atoms with Crippen molar-refractivity contribution in [2.75, 3.05) is 13.2 Å². The smallest absolute Gasteiger partial charge is 0.122 e. The molecule has 0 aromatic heterocycles. The van der Waals surface area contributed by atoms with Crippen LogP contribution in [0.2, 0.25) is 0 Å². The van der Waals surface area contributed by atoms with Crippen LogP contribution in [0.25, 0.3) is 0 Å². The molecule has 2 N–H and O–H groups in total. The molecule has 0 bridgehead atoms. The van der Waals surface area contributed by atoms with E-state index in [1.54, 1.807) is 0 Å². The fourth-order valence-corrected chi connectivity index (χ4v) is 2.72. The van der Waals surface area contributed by atoms with E-state index in [1.807, 2.05) is 19.9 Å². The standard InChI is InChI=1S/C17H27NO2/c1-13-8-9-14(2)17(10-13)20-12-16(19)11-18-15-6-4-3-5-7-15/h8-10,15-16,18-19H,3-7,11-12H2,1-2H3. The summed E-state index contributed by atoms with van der Waals surface area (Å²) in [5.41, 5.74) is 2.29. The van der Waals surface area contributed by atoms with E-state index in [1.165, 1.54) is 37.7 Å². The van der Waals surface area contributed by atoms with E-state index in [2.05, 4.69) is 17.4 Å². The Hall–Kier alpha value is -1.06. The molecule has 1 fully saturated rings. The fraction of sp³-hybridized carbons (Fsp3) is 0.647. The van der Waals surface area contributed by atoms with Gasteiger partial charge < -0.3 is 15.2 Å². The summed E-state index contributed by atoms with van der Waals surface area (Å²) in [7, 11) is 0. The van der Waals surface area contributed by atoms with E-state index < -0.39 is 6.10 Å². The normalized spacial score (nSPS) is 17.9. The molecule has 0 heterocycles. The quantitative estimate of drug-likeness (QED) is 0.840. The summed E-state index contributed by atoms with van der Waals surface area (Å²) >= 11 is 0. The lowest BCUT2D eigenvalue weighted by molar-refractivity contribution is 0.101. The maximum Gasteiger partial charge on any atom is 0.122 e. The molecule has 1 aliphatic carbocycles. The van der Waals surface area contributed by atoms with Gasteiger partial charge in [0.15, 0.2) is 0 Å². The molecule has 0 saturated heterocycles. The number of benzene rings is 1. The molecule has 1 aromatic rings. The second-order valence-corrected chi connectivity index (χ2v) is 5.98. The number of ether oxygens (including phenoxy) is 1. The first kappa shape index (κ1) is 15.3. The lowest BCUT2D eigenvalue weighted by Gasteiger charge is -2.24. The van der Waals surface area contributed by atoms with Crippen LogP contribution in [0.4, 0.5) is 0 Å². The Morgan fingerprint density at radius 2 is 2.00 bits per heavy atom. The van der Waals surface area contributed by atoms with Crippen molar-refractivity contribution in [3.8, 4) is 5.75 Å². The Morgan fingerprint density at radius 3 is 2.75 bits per heavy atom. The summed E-state index contributed by atoms with van der Waals surface area (Å²) in [6.07, 6.45) is 6.02. The Bertz CT molecular complexity index is 413. The highest BCUT2D eigenvalue weighted by molar-refractivity contribution is 5.35. The molecule has 1 unspecified atom stereocenters. The summed E-state index contributed by atoms with van der Waals surface area (Å²) in [6.45, 7) is 5.05. The highest BCUT2D eigenvalue weighted by atomic mass is 16.5. The van der Waals surface area contributed by atoms with Crippen molar-refractivity contribution in [2.24, 2.45) is 0 Å². The average Bonchev–Trinajstić information content (AvgIpc) is 2.47. The first-order valence-corrected chi connectivity index (χ1v) is 7.76. The molecule has 2 rings (SSSR count). The molecule has 20 heavy (non-hydrogen) atoms.